The summed E-state index contributed by atoms with van der Waals surface area (Å²) in [6.07, 6.45) is 1.70. The second-order valence-corrected chi connectivity index (χ2v) is 5.32. The summed E-state index contributed by atoms with van der Waals surface area (Å²) in [4.78, 5) is 18.5. The molecule has 1 aromatic heterocycles. The second kappa shape index (κ2) is 8.72. The second-order valence-electron chi connectivity index (χ2n) is 5.32. The molecule has 7 heteroatoms. The smallest absolute Gasteiger partial charge is 0.249 e. The van der Waals surface area contributed by atoms with Crippen molar-refractivity contribution in [3.05, 3.63) is 54.2 Å². The van der Waals surface area contributed by atoms with Crippen LogP contribution in [0.4, 0.5) is 11.5 Å². The first-order valence-corrected chi connectivity index (χ1v) is 6.70. The lowest BCUT2D eigenvalue weighted by molar-refractivity contribution is -0.120. The van der Waals surface area contributed by atoms with Crippen LogP contribution in [0, 0.1) is 0 Å². The summed E-state index contributed by atoms with van der Waals surface area (Å²) < 4.78 is 0. The van der Waals surface area contributed by atoms with Gasteiger partial charge in [-0.1, -0.05) is 30.3 Å². The quantitative estimate of drug-likeness (QED) is 0.883. The normalized spacial score (nSPS) is 12.2. The van der Waals surface area contributed by atoms with E-state index < -0.39 is 5.54 Å². The van der Waals surface area contributed by atoms with Gasteiger partial charge in [0.05, 0.1) is 11.9 Å². The van der Waals surface area contributed by atoms with Gasteiger partial charge in [0.2, 0.25) is 5.91 Å². The monoisotopic (exact) mass is 356 g/mol. The molecule has 0 spiro atoms. The van der Waals surface area contributed by atoms with E-state index in [4.69, 9.17) is 5.73 Å². The third-order valence-electron chi connectivity index (χ3n) is 3.35. The number of halogens is 2. The van der Waals surface area contributed by atoms with Crippen molar-refractivity contribution < 1.29 is 4.79 Å². The molecule has 1 aromatic carbocycles. The van der Waals surface area contributed by atoms with E-state index >= 15 is 0 Å². The van der Waals surface area contributed by atoms with E-state index in [0.29, 0.717) is 5.82 Å². The van der Waals surface area contributed by atoms with Crippen LogP contribution in [0.5, 0.6) is 0 Å². The van der Waals surface area contributed by atoms with Gasteiger partial charge in [-0.15, -0.1) is 24.8 Å². The number of benzene rings is 1. The minimum atomic E-state index is -1.11. The van der Waals surface area contributed by atoms with E-state index in [1.165, 1.54) is 0 Å². The minimum Gasteiger partial charge on any atom is -0.376 e. The number of pyridine rings is 1. The van der Waals surface area contributed by atoms with Crippen LogP contribution in [0.15, 0.2) is 48.7 Å². The number of carbonyl (C=O) groups is 1. The molecular weight excluding hydrogens is 335 g/mol. The molecule has 0 fully saturated rings. The summed E-state index contributed by atoms with van der Waals surface area (Å²) in [6, 6.07) is 12.9. The van der Waals surface area contributed by atoms with Gasteiger partial charge in [-0.3, -0.25) is 4.79 Å². The van der Waals surface area contributed by atoms with Gasteiger partial charge in [0.1, 0.15) is 11.4 Å². The first-order chi connectivity index (χ1) is 9.91. The molecule has 3 N–H and O–H groups in total. The van der Waals surface area contributed by atoms with Gasteiger partial charge in [-0.05, 0) is 24.6 Å². The largest absolute Gasteiger partial charge is 0.376 e. The van der Waals surface area contributed by atoms with Crippen molar-refractivity contribution in [3.63, 3.8) is 0 Å². The van der Waals surface area contributed by atoms with E-state index in [0.717, 1.165) is 11.3 Å². The molecule has 23 heavy (non-hydrogen) atoms. The predicted octanol–water partition coefficient (Wildman–Crippen LogP) is 2.80. The van der Waals surface area contributed by atoms with E-state index in [1.807, 2.05) is 55.4 Å². The number of anilines is 2. The van der Waals surface area contributed by atoms with Crippen molar-refractivity contribution >= 4 is 42.2 Å². The zero-order valence-electron chi connectivity index (χ0n) is 13.3. The fourth-order valence-corrected chi connectivity index (χ4v) is 1.89. The Morgan fingerprint density at radius 3 is 2.22 bits per heavy atom. The van der Waals surface area contributed by atoms with Crippen LogP contribution in [0.3, 0.4) is 0 Å². The molecule has 1 amide bonds. The number of aromatic nitrogens is 1. The van der Waals surface area contributed by atoms with Gasteiger partial charge < -0.3 is 16.0 Å². The molecule has 0 aliphatic rings. The number of nitrogens with zero attached hydrogens (tertiary/aromatic N) is 2. The lowest BCUT2D eigenvalue weighted by Crippen LogP contribution is -2.45. The molecule has 5 nitrogen and oxygen atoms in total. The Bertz CT molecular complexity index is 616. The highest BCUT2D eigenvalue weighted by molar-refractivity contribution is 5.97. The van der Waals surface area contributed by atoms with Crippen LogP contribution >= 0.6 is 24.8 Å². The van der Waals surface area contributed by atoms with Gasteiger partial charge in [0.25, 0.3) is 0 Å². The van der Waals surface area contributed by atoms with E-state index in [1.54, 1.807) is 19.2 Å². The van der Waals surface area contributed by atoms with Crippen LogP contribution in [0.25, 0.3) is 0 Å². The van der Waals surface area contributed by atoms with Crippen molar-refractivity contribution in [2.45, 2.75) is 12.5 Å². The standard InChI is InChI=1S/C16H20N4O.2ClH/c1-16(17,12-7-5-4-6-8-12)15(21)19-14-10-9-13(11-18-14)20(2)3;;/h4-11H,17H2,1-3H3,(H,18,19,21);2*1H. The zero-order valence-corrected chi connectivity index (χ0v) is 14.9. The van der Waals surface area contributed by atoms with E-state index in [9.17, 15) is 4.79 Å². The number of nitrogens with one attached hydrogen (secondary N) is 1. The molecule has 1 atom stereocenters. The number of hydrogen-bond acceptors (Lipinski definition) is 4. The van der Waals surface area contributed by atoms with Gasteiger partial charge in [-0.2, -0.15) is 0 Å². The van der Waals surface area contributed by atoms with E-state index in [2.05, 4.69) is 10.3 Å². The van der Waals surface area contributed by atoms with Gasteiger partial charge in [-0.25, -0.2) is 4.98 Å². The Balaban J connectivity index is 0.00000242. The number of rotatable bonds is 4. The van der Waals surface area contributed by atoms with Crippen molar-refractivity contribution in [3.8, 4) is 0 Å². The first kappa shape index (κ1) is 21.2. The van der Waals surface area contributed by atoms with Crippen molar-refractivity contribution in [2.75, 3.05) is 24.3 Å². The Labute approximate surface area is 149 Å². The number of nitrogens with two attached hydrogens (primary N) is 1. The number of carbonyl (C=O) groups excluding carboxylic acids is 1. The molecule has 2 aromatic rings. The molecule has 0 bridgehead atoms. The van der Waals surface area contributed by atoms with Crippen molar-refractivity contribution in [1.82, 2.24) is 4.98 Å². The third-order valence-corrected chi connectivity index (χ3v) is 3.35. The average molecular weight is 357 g/mol. The molecule has 0 aliphatic carbocycles. The van der Waals surface area contributed by atoms with Crippen LogP contribution in [-0.4, -0.2) is 25.0 Å². The minimum absolute atomic E-state index is 0. The van der Waals surface area contributed by atoms with Crippen LogP contribution < -0.4 is 16.0 Å². The maximum atomic E-state index is 12.4. The molecule has 0 radical (unpaired) electrons. The topological polar surface area (TPSA) is 71.2 Å². The first-order valence-electron chi connectivity index (χ1n) is 6.70. The Morgan fingerprint density at radius 1 is 1.13 bits per heavy atom. The number of hydrogen-bond donors (Lipinski definition) is 2. The summed E-state index contributed by atoms with van der Waals surface area (Å²) in [5, 5.41) is 2.75. The lowest BCUT2D eigenvalue weighted by atomic mass is 9.92. The summed E-state index contributed by atoms with van der Waals surface area (Å²) >= 11 is 0. The maximum Gasteiger partial charge on any atom is 0.249 e. The Morgan fingerprint density at radius 2 is 1.74 bits per heavy atom. The average Bonchev–Trinajstić information content (AvgIpc) is 2.48. The van der Waals surface area contributed by atoms with Gasteiger partial charge >= 0.3 is 0 Å². The van der Waals surface area contributed by atoms with Crippen LogP contribution in [-0.2, 0) is 10.3 Å². The molecule has 0 saturated carbocycles. The molecule has 1 unspecified atom stereocenters. The van der Waals surface area contributed by atoms with Crippen molar-refractivity contribution in [2.24, 2.45) is 5.73 Å². The lowest BCUT2D eigenvalue weighted by Gasteiger charge is -2.24. The molecule has 126 valence electrons. The Kier molecular flexibility index (Phi) is 8.03. The Hall–Kier alpha value is -1.82. The highest BCUT2D eigenvalue weighted by Gasteiger charge is 2.30. The zero-order chi connectivity index (χ0) is 15.5. The predicted molar refractivity (Wildman–Crippen MR) is 99.7 cm³/mol. The molecule has 2 rings (SSSR count). The summed E-state index contributed by atoms with van der Waals surface area (Å²) in [6.45, 7) is 1.69. The summed E-state index contributed by atoms with van der Waals surface area (Å²) in [7, 11) is 3.86. The van der Waals surface area contributed by atoms with Crippen molar-refractivity contribution in [1.29, 1.82) is 0 Å². The van der Waals surface area contributed by atoms with Crippen LogP contribution in [0.1, 0.15) is 12.5 Å². The molecule has 0 saturated heterocycles. The fourth-order valence-electron chi connectivity index (χ4n) is 1.89. The molecular formula is C16H22Cl2N4O. The fraction of sp³-hybridized carbons (Fsp3) is 0.250. The van der Waals surface area contributed by atoms with Gasteiger partial charge in [0, 0.05) is 14.1 Å². The highest BCUT2D eigenvalue weighted by atomic mass is 35.5. The van der Waals surface area contributed by atoms with E-state index in [-0.39, 0.29) is 30.7 Å². The maximum absolute atomic E-state index is 12.4. The molecule has 1 heterocycles. The summed E-state index contributed by atoms with van der Waals surface area (Å²) in [5.74, 6) is 0.192. The SMILES string of the molecule is CN(C)c1ccc(NC(=O)C(C)(N)c2ccccc2)nc1.Cl.Cl. The molecule has 0 aliphatic heterocycles. The van der Waals surface area contributed by atoms with Crippen LogP contribution in [0.2, 0.25) is 0 Å². The van der Waals surface area contributed by atoms with Gasteiger partial charge in [0.15, 0.2) is 0 Å². The highest BCUT2D eigenvalue weighted by Crippen LogP contribution is 2.20. The summed E-state index contributed by atoms with van der Waals surface area (Å²) in [5.41, 5.74) is 6.77. The number of amides is 1. The third kappa shape index (κ3) is 5.10.